The lowest BCUT2D eigenvalue weighted by Gasteiger charge is -2.16. The van der Waals surface area contributed by atoms with E-state index in [1.807, 2.05) is 0 Å². The Kier molecular flexibility index (Phi) is 5.03. The smallest absolute Gasteiger partial charge is 0.340 e. The van der Waals surface area contributed by atoms with Crippen LogP contribution in [0.1, 0.15) is 18.2 Å². The van der Waals surface area contributed by atoms with Crippen LogP contribution in [0.3, 0.4) is 0 Å². The molecule has 1 N–H and O–H groups in total. The minimum atomic E-state index is -0.597. The summed E-state index contributed by atoms with van der Waals surface area (Å²) in [5, 5.41) is 9.74. The molecule has 7 nitrogen and oxygen atoms in total. The molecule has 7 heteroatoms. The van der Waals surface area contributed by atoms with Gasteiger partial charge >= 0.3 is 5.97 Å². The first-order chi connectivity index (χ1) is 13.0. The van der Waals surface area contributed by atoms with E-state index in [1.165, 1.54) is 31.4 Å². The number of allylic oxidation sites excluding steroid dienone is 1. The Morgan fingerprint density at radius 1 is 1.30 bits per heavy atom. The number of hydrogen-bond acceptors (Lipinski definition) is 6. The largest absolute Gasteiger partial charge is 0.504 e. The fourth-order valence-electron chi connectivity index (χ4n) is 2.93. The highest BCUT2D eigenvalue weighted by Crippen LogP contribution is 2.34. The number of aromatic hydroxyl groups is 1. The van der Waals surface area contributed by atoms with Crippen molar-refractivity contribution in [2.24, 2.45) is 0 Å². The van der Waals surface area contributed by atoms with E-state index in [0.717, 1.165) is 0 Å². The fourth-order valence-corrected chi connectivity index (χ4v) is 2.93. The topological polar surface area (TPSA) is 89.2 Å². The minimum absolute atomic E-state index is 0.0169. The van der Waals surface area contributed by atoms with E-state index in [4.69, 9.17) is 13.9 Å². The van der Waals surface area contributed by atoms with Gasteiger partial charge in [-0.05, 0) is 42.8 Å². The van der Waals surface area contributed by atoms with E-state index in [0.29, 0.717) is 17.0 Å². The molecule has 1 aliphatic rings. The lowest BCUT2D eigenvalue weighted by molar-refractivity contribution is -0.136. The number of phenolic OH excluding ortho intramolecular Hbond substituents is 1. The molecule has 0 atom stereocenters. The summed E-state index contributed by atoms with van der Waals surface area (Å²) in [7, 11) is 2.70. The lowest BCUT2D eigenvalue weighted by atomic mass is 10.0. The van der Waals surface area contributed by atoms with Crippen molar-refractivity contribution in [2.45, 2.75) is 13.5 Å². The molecule has 2 heterocycles. The first kappa shape index (κ1) is 18.3. The third kappa shape index (κ3) is 3.44. The quantitative estimate of drug-likeness (QED) is 0.644. The number of ether oxygens (including phenoxy) is 2. The predicted molar refractivity (Wildman–Crippen MR) is 96.6 cm³/mol. The zero-order valence-electron chi connectivity index (χ0n) is 15.2. The predicted octanol–water partition coefficient (Wildman–Crippen LogP) is 2.87. The van der Waals surface area contributed by atoms with Crippen LogP contribution < -0.4 is 4.74 Å². The number of furan rings is 1. The Bertz CT molecular complexity index is 939. The third-order valence-electron chi connectivity index (χ3n) is 4.31. The number of hydrogen-bond donors (Lipinski definition) is 1. The number of carbonyl (C=O) groups is 2. The maximum Gasteiger partial charge on any atom is 0.340 e. The number of amides is 1. The average Bonchev–Trinajstić information content (AvgIpc) is 3.26. The van der Waals surface area contributed by atoms with E-state index in [1.54, 1.807) is 37.3 Å². The third-order valence-corrected chi connectivity index (χ3v) is 4.31. The second-order valence-electron chi connectivity index (χ2n) is 5.91. The van der Waals surface area contributed by atoms with Gasteiger partial charge in [0, 0.05) is 5.70 Å². The molecule has 0 bridgehead atoms. The molecule has 1 aromatic heterocycles. The summed E-state index contributed by atoms with van der Waals surface area (Å²) in [5.41, 5.74) is 1.49. The molecular weight excluding hydrogens is 350 g/mol. The van der Waals surface area contributed by atoms with Crippen molar-refractivity contribution in [3.05, 3.63) is 64.8 Å². The van der Waals surface area contributed by atoms with E-state index >= 15 is 0 Å². The van der Waals surface area contributed by atoms with Crippen molar-refractivity contribution in [3.8, 4) is 11.5 Å². The molecule has 1 amide bonds. The van der Waals surface area contributed by atoms with Crippen molar-refractivity contribution < 1.29 is 28.6 Å². The molecule has 140 valence electrons. The number of esters is 1. The van der Waals surface area contributed by atoms with Crippen LogP contribution in [0.2, 0.25) is 0 Å². The van der Waals surface area contributed by atoms with Gasteiger partial charge in [0.1, 0.15) is 5.76 Å². The zero-order valence-corrected chi connectivity index (χ0v) is 15.2. The Balaban J connectivity index is 2.04. The van der Waals surface area contributed by atoms with Crippen LogP contribution in [0.15, 0.2) is 57.9 Å². The molecule has 0 saturated carbocycles. The van der Waals surface area contributed by atoms with Gasteiger partial charge in [-0.2, -0.15) is 0 Å². The molecule has 0 unspecified atom stereocenters. The zero-order chi connectivity index (χ0) is 19.6. The summed E-state index contributed by atoms with van der Waals surface area (Å²) < 4.78 is 15.3. The Morgan fingerprint density at radius 2 is 2.07 bits per heavy atom. The molecular formula is C20H19NO6. The van der Waals surface area contributed by atoms with E-state index in [9.17, 15) is 14.7 Å². The number of rotatable bonds is 5. The van der Waals surface area contributed by atoms with Gasteiger partial charge in [0.2, 0.25) is 0 Å². The first-order valence-corrected chi connectivity index (χ1v) is 8.18. The summed E-state index contributed by atoms with van der Waals surface area (Å²) >= 11 is 0. The summed E-state index contributed by atoms with van der Waals surface area (Å²) in [6, 6.07) is 8.15. The SMILES string of the molecule is COC(=O)C1=C(C)N(Cc2ccco2)C(=O)C1=Cc1ccc(O)c(OC)c1. The molecule has 0 fully saturated rings. The standard InChI is InChI=1S/C20H19NO6/c1-12-18(20(24)26-3)15(9-13-6-7-16(22)17(10-13)25-2)19(23)21(12)11-14-5-4-8-27-14/h4-10,22H,11H2,1-3H3. The van der Waals surface area contributed by atoms with Crippen LogP contribution >= 0.6 is 0 Å². The number of nitrogens with zero attached hydrogens (tertiary/aromatic N) is 1. The summed E-state index contributed by atoms with van der Waals surface area (Å²) in [6.07, 6.45) is 3.10. The molecule has 1 aliphatic heterocycles. The fraction of sp³-hybridized carbons (Fsp3) is 0.200. The van der Waals surface area contributed by atoms with Crippen LogP contribution in [-0.4, -0.2) is 36.1 Å². The summed E-state index contributed by atoms with van der Waals surface area (Å²) in [6.45, 7) is 1.89. The highest BCUT2D eigenvalue weighted by molar-refractivity contribution is 6.16. The number of methoxy groups -OCH3 is 2. The average molecular weight is 369 g/mol. The first-order valence-electron chi connectivity index (χ1n) is 8.18. The number of benzene rings is 1. The van der Waals surface area contributed by atoms with Crippen LogP contribution in [0.4, 0.5) is 0 Å². The van der Waals surface area contributed by atoms with E-state index in [-0.39, 0.29) is 35.1 Å². The van der Waals surface area contributed by atoms with Crippen molar-refractivity contribution >= 4 is 18.0 Å². The maximum absolute atomic E-state index is 13.0. The highest BCUT2D eigenvalue weighted by atomic mass is 16.5. The van der Waals surface area contributed by atoms with Gasteiger partial charge in [-0.15, -0.1) is 0 Å². The molecule has 0 radical (unpaired) electrons. The van der Waals surface area contributed by atoms with Crippen molar-refractivity contribution in [2.75, 3.05) is 14.2 Å². The summed E-state index contributed by atoms with van der Waals surface area (Å²) in [4.78, 5) is 26.8. The van der Waals surface area contributed by atoms with Gasteiger partial charge in [0.05, 0.1) is 38.2 Å². The van der Waals surface area contributed by atoms with Gasteiger partial charge in [-0.1, -0.05) is 6.07 Å². The van der Waals surface area contributed by atoms with Crippen LogP contribution in [0, 0.1) is 0 Å². The van der Waals surface area contributed by atoms with Gasteiger partial charge in [-0.3, -0.25) is 4.79 Å². The number of phenols is 1. The maximum atomic E-state index is 13.0. The van der Waals surface area contributed by atoms with E-state index in [2.05, 4.69) is 0 Å². The van der Waals surface area contributed by atoms with Crippen LogP contribution in [-0.2, 0) is 20.9 Å². The second-order valence-corrected chi connectivity index (χ2v) is 5.91. The van der Waals surface area contributed by atoms with Crippen molar-refractivity contribution in [3.63, 3.8) is 0 Å². The molecule has 1 aromatic carbocycles. The summed E-state index contributed by atoms with van der Waals surface area (Å²) in [5.74, 6) is -0.0880. The van der Waals surface area contributed by atoms with Gasteiger partial charge in [-0.25, -0.2) is 4.79 Å². The van der Waals surface area contributed by atoms with E-state index < -0.39 is 5.97 Å². The second kappa shape index (κ2) is 7.41. The van der Waals surface area contributed by atoms with Gasteiger partial charge in [0.25, 0.3) is 5.91 Å². The molecule has 0 saturated heterocycles. The lowest BCUT2D eigenvalue weighted by Crippen LogP contribution is -2.24. The van der Waals surface area contributed by atoms with Crippen molar-refractivity contribution in [1.29, 1.82) is 0 Å². The monoisotopic (exact) mass is 369 g/mol. The van der Waals surface area contributed by atoms with Crippen LogP contribution in [0.25, 0.3) is 6.08 Å². The molecule has 27 heavy (non-hydrogen) atoms. The highest BCUT2D eigenvalue weighted by Gasteiger charge is 2.37. The molecule has 3 rings (SSSR count). The van der Waals surface area contributed by atoms with Gasteiger partial charge in [0.15, 0.2) is 11.5 Å². The Morgan fingerprint density at radius 3 is 2.70 bits per heavy atom. The Labute approximate surface area is 156 Å². The molecule has 0 spiro atoms. The van der Waals surface area contributed by atoms with Gasteiger partial charge < -0.3 is 23.9 Å². The van der Waals surface area contributed by atoms with Crippen LogP contribution in [0.5, 0.6) is 11.5 Å². The molecule has 0 aliphatic carbocycles. The normalized spacial score (nSPS) is 15.6. The Hall–Kier alpha value is -3.48. The minimum Gasteiger partial charge on any atom is -0.504 e. The number of carbonyl (C=O) groups excluding carboxylic acids is 2. The van der Waals surface area contributed by atoms with Crippen molar-refractivity contribution in [1.82, 2.24) is 4.90 Å². The molecule has 2 aromatic rings.